The van der Waals surface area contributed by atoms with E-state index in [9.17, 15) is 4.79 Å². The molecule has 1 amide bonds. The topological polar surface area (TPSA) is 54.9 Å². The van der Waals surface area contributed by atoms with Crippen molar-refractivity contribution in [3.63, 3.8) is 0 Å². The van der Waals surface area contributed by atoms with E-state index in [0.717, 1.165) is 35.0 Å². The molecule has 0 bridgehead atoms. The van der Waals surface area contributed by atoms with Gasteiger partial charge >= 0.3 is 0 Å². The molecule has 6 heteroatoms. The zero-order valence-electron chi connectivity index (χ0n) is 14.9. The normalized spacial score (nSPS) is 13.4. The number of fused-ring (bicyclic) bond motifs is 2. The van der Waals surface area contributed by atoms with Gasteiger partial charge in [0.25, 0.3) is 0 Å². The van der Waals surface area contributed by atoms with E-state index in [1.165, 1.54) is 23.3 Å². The first-order valence-corrected chi connectivity index (χ1v) is 10.5. The molecular weight excluding hydrogens is 378 g/mol. The highest BCUT2D eigenvalue weighted by Crippen LogP contribution is 2.36. The van der Waals surface area contributed by atoms with Gasteiger partial charge in [-0.3, -0.25) is 14.8 Å². The number of pyridine rings is 2. The minimum Gasteiger partial charge on any atom is -0.351 e. The Kier molecular flexibility index (Phi) is 5.60. The van der Waals surface area contributed by atoms with E-state index >= 15 is 0 Å². The van der Waals surface area contributed by atoms with Crippen LogP contribution in [0.15, 0.2) is 47.6 Å². The third-order valence-corrected chi connectivity index (χ3v) is 6.13. The average molecular weight is 398 g/mol. The van der Waals surface area contributed by atoms with Crippen LogP contribution in [0.2, 0.25) is 5.02 Å². The van der Waals surface area contributed by atoms with Crippen LogP contribution in [-0.2, 0) is 24.2 Å². The van der Waals surface area contributed by atoms with Gasteiger partial charge in [0.1, 0.15) is 0 Å². The van der Waals surface area contributed by atoms with Crippen LogP contribution in [0.4, 0.5) is 0 Å². The van der Waals surface area contributed by atoms with Crippen LogP contribution in [0.3, 0.4) is 0 Å². The third-order valence-electron chi connectivity index (χ3n) is 4.73. The van der Waals surface area contributed by atoms with Crippen molar-refractivity contribution in [1.29, 1.82) is 0 Å². The molecule has 0 unspecified atom stereocenters. The lowest BCUT2D eigenvalue weighted by atomic mass is 9.94. The van der Waals surface area contributed by atoms with E-state index in [0.29, 0.717) is 17.3 Å². The van der Waals surface area contributed by atoms with Crippen molar-refractivity contribution in [3.05, 3.63) is 64.6 Å². The van der Waals surface area contributed by atoms with Crippen molar-refractivity contribution in [3.8, 4) is 0 Å². The minimum atomic E-state index is 0.0207. The van der Waals surface area contributed by atoms with Crippen LogP contribution < -0.4 is 5.32 Å². The highest BCUT2D eigenvalue weighted by Gasteiger charge is 2.19. The molecular formula is C21H20ClN3OS. The number of aryl methyl sites for hydroxylation is 1. The third kappa shape index (κ3) is 4.25. The molecule has 0 radical (unpaired) electrons. The maximum Gasteiger partial charge on any atom is 0.230 e. The Morgan fingerprint density at radius 1 is 1.22 bits per heavy atom. The fourth-order valence-electron chi connectivity index (χ4n) is 3.41. The molecule has 2 aromatic heterocycles. The number of carbonyl (C=O) groups is 1. The first kappa shape index (κ1) is 18.3. The number of thioether (sulfide) groups is 1. The summed E-state index contributed by atoms with van der Waals surface area (Å²) < 4.78 is 0. The summed E-state index contributed by atoms with van der Waals surface area (Å²) in [4.78, 5) is 22.4. The summed E-state index contributed by atoms with van der Waals surface area (Å²) in [6.45, 7) is 0.498. The zero-order valence-corrected chi connectivity index (χ0v) is 16.4. The standard InChI is InChI=1S/C21H20ClN3OS/c22-15-7-8-17-19(10-15)25-18-6-2-1-5-16(18)21(17)27-13-20(26)24-12-14-4-3-9-23-11-14/h3-4,7-11H,1-2,5-6,12-13H2,(H,24,26). The van der Waals surface area contributed by atoms with Gasteiger partial charge in [0.15, 0.2) is 0 Å². The fourth-order valence-corrected chi connectivity index (χ4v) is 4.68. The van der Waals surface area contributed by atoms with Crippen LogP contribution in [0.25, 0.3) is 10.9 Å². The summed E-state index contributed by atoms with van der Waals surface area (Å²) >= 11 is 7.77. The van der Waals surface area contributed by atoms with Gasteiger partial charge in [0.2, 0.25) is 5.91 Å². The zero-order chi connectivity index (χ0) is 18.6. The summed E-state index contributed by atoms with van der Waals surface area (Å²) in [5.41, 5.74) is 4.38. The summed E-state index contributed by atoms with van der Waals surface area (Å²) in [6, 6.07) is 9.66. The van der Waals surface area contributed by atoms with Crippen molar-refractivity contribution in [2.24, 2.45) is 0 Å². The molecule has 0 saturated carbocycles. The van der Waals surface area contributed by atoms with E-state index in [2.05, 4.69) is 10.3 Å². The fraction of sp³-hybridized carbons (Fsp3) is 0.286. The van der Waals surface area contributed by atoms with Crippen LogP contribution in [0.1, 0.15) is 29.7 Å². The van der Waals surface area contributed by atoms with Crippen molar-refractivity contribution in [2.75, 3.05) is 5.75 Å². The molecule has 1 aliphatic carbocycles. The highest BCUT2D eigenvalue weighted by molar-refractivity contribution is 8.00. The van der Waals surface area contributed by atoms with Crippen LogP contribution >= 0.6 is 23.4 Å². The number of carbonyl (C=O) groups excluding carboxylic acids is 1. The monoisotopic (exact) mass is 397 g/mol. The Morgan fingerprint density at radius 3 is 2.96 bits per heavy atom. The number of benzene rings is 1. The number of rotatable bonds is 5. The maximum atomic E-state index is 12.4. The first-order chi connectivity index (χ1) is 13.2. The number of amides is 1. The summed E-state index contributed by atoms with van der Waals surface area (Å²) in [6.07, 6.45) is 7.87. The molecule has 1 N–H and O–H groups in total. The molecule has 4 nitrogen and oxygen atoms in total. The highest BCUT2D eigenvalue weighted by atomic mass is 35.5. The Labute approximate surface area is 167 Å². The largest absolute Gasteiger partial charge is 0.351 e. The molecule has 0 saturated heterocycles. The van der Waals surface area contributed by atoms with Gasteiger partial charge in [-0.05, 0) is 55.0 Å². The van der Waals surface area contributed by atoms with Crippen LogP contribution in [0.5, 0.6) is 0 Å². The van der Waals surface area contributed by atoms with E-state index in [4.69, 9.17) is 16.6 Å². The van der Waals surface area contributed by atoms with Gasteiger partial charge < -0.3 is 5.32 Å². The quantitative estimate of drug-likeness (QED) is 0.640. The number of aromatic nitrogens is 2. The van der Waals surface area contributed by atoms with Gasteiger partial charge in [0.05, 0.1) is 11.3 Å². The molecule has 1 aromatic carbocycles. The second-order valence-electron chi connectivity index (χ2n) is 6.66. The Balaban J connectivity index is 1.53. The predicted molar refractivity (Wildman–Crippen MR) is 110 cm³/mol. The molecule has 27 heavy (non-hydrogen) atoms. The second kappa shape index (κ2) is 8.28. The molecule has 0 aliphatic heterocycles. The van der Waals surface area contributed by atoms with Crippen molar-refractivity contribution < 1.29 is 4.79 Å². The van der Waals surface area contributed by atoms with Gasteiger partial charge in [-0.25, -0.2) is 0 Å². The lowest BCUT2D eigenvalue weighted by Crippen LogP contribution is -2.24. The number of hydrogen-bond acceptors (Lipinski definition) is 4. The number of hydrogen-bond donors (Lipinski definition) is 1. The summed E-state index contributed by atoms with van der Waals surface area (Å²) in [5.74, 6) is 0.404. The molecule has 3 aromatic rings. The Morgan fingerprint density at radius 2 is 2.11 bits per heavy atom. The number of nitrogens with one attached hydrogen (secondary N) is 1. The summed E-state index contributed by atoms with van der Waals surface area (Å²) in [5, 5.41) is 4.75. The molecule has 138 valence electrons. The molecule has 0 spiro atoms. The average Bonchev–Trinajstić information content (AvgIpc) is 2.70. The van der Waals surface area contributed by atoms with E-state index < -0.39 is 0 Å². The first-order valence-electron chi connectivity index (χ1n) is 9.10. The minimum absolute atomic E-state index is 0.0207. The Bertz CT molecular complexity index is 978. The van der Waals surface area contributed by atoms with Crippen molar-refractivity contribution in [1.82, 2.24) is 15.3 Å². The molecule has 1 aliphatic rings. The van der Waals surface area contributed by atoms with E-state index in [1.807, 2.05) is 30.3 Å². The van der Waals surface area contributed by atoms with Crippen molar-refractivity contribution >= 4 is 40.2 Å². The van der Waals surface area contributed by atoms with Gasteiger partial charge in [-0.1, -0.05) is 23.7 Å². The van der Waals surface area contributed by atoms with Crippen LogP contribution in [0, 0.1) is 0 Å². The van der Waals surface area contributed by atoms with Gasteiger partial charge in [0, 0.05) is 39.9 Å². The second-order valence-corrected chi connectivity index (χ2v) is 8.08. The van der Waals surface area contributed by atoms with Gasteiger partial charge in [-0.2, -0.15) is 0 Å². The van der Waals surface area contributed by atoms with Gasteiger partial charge in [-0.15, -0.1) is 11.8 Å². The smallest absolute Gasteiger partial charge is 0.230 e. The van der Waals surface area contributed by atoms with E-state index in [1.54, 1.807) is 24.2 Å². The van der Waals surface area contributed by atoms with Crippen molar-refractivity contribution in [2.45, 2.75) is 37.1 Å². The molecule has 2 heterocycles. The number of nitrogens with zero attached hydrogens (tertiary/aromatic N) is 2. The summed E-state index contributed by atoms with van der Waals surface area (Å²) in [7, 11) is 0. The molecule has 0 atom stereocenters. The van der Waals surface area contributed by atoms with Crippen LogP contribution in [-0.4, -0.2) is 21.6 Å². The maximum absolute atomic E-state index is 12.4. The molecule has 4 rings (SSSR count). The Hall–Kier alpha value is -2.11. The lowest BCUT2D eigenvalue weighted by Gasteiger charge is -2.20. The molecule has 0 fully saturated rings. The lowest BCUT2D eigenvalue weighted by molar-refractivity contribution is -0.118. The predicted octanol–water partition coefficient (Wildman–Crippen LogP) is 4.57. The van der Waals surface area contributed by atoms with E-state index in [-0.39, 0.29) is 5.91 Å². The number of halogens is 1. The SMILES string of the molecule is O=C(CSc1c2c(nc3cc(Cl)ccc13)CCCC2)NCc1cccnc1.